The Bertz CT molecular complexity index is 226. The standard InChI is InChI=1S/C8H15N3O3/c9-6(8(13)14)5-7(12)11-3-1-10-2-4-11/h6,10H,1-5,9H2,(H,13,14). The molecular weight excluding hydrogens is 186 g/mol. The Morgan fingerprint density at radius 3 is 2.50 bits per heavy atom. The van der Waals surface area contributed by atoms with E-state index in [1.165, 1.54) is 0 Å². The van der Waals surface area contributed by atoms with Crippen molar-refractivity contribution in [1.29, 1.82) is 0 Å². The highest BCUT2D eigenvalue weighted by Gasteiger charge is 2.21. The molecule has 0 aliphatic carbocycles. The second kappa shape index (κ2) is 4.92. The van der Waals surface area contributed by atoms with E-state index >= 15 is 0 Å². The first-order valence-electron chi connectivity index (χ1n) is 4.58. The van der Waals surface area contributed by atoms with E-state index in [0.717, 1.165) is 13.1 Å². The molecule has 0 aromatic carbocycles. The number of nitrogens with zero attached hydrogens (tertiary/aromatic N) is 1. The highest BCUT2D eigenvalue weighted by Crippen LogP contribution is 1.99. The van der Waals surface area contributed by atoms with Crippen LogP contribution in [0.2, 0.25) is 0 Å². The number of rotatable bonds is 3. The summed E-state index contributed by atoms with van der Waals surface area (Å²) in [6.45, 7) is 2.78. The predicted molar refractivity (Wildman–Crippen MR) is 49.7 cm³/mol. The Labute approximate surface area is 82.1 Å². The molecule has 1 fully saturated rings. The molecule has 6 nitrogen and oxygen atoms in total. The summed E-state index contributed by atoms with van der Waals surface area (Å²) in [4.78, 5) is 23.5. The van der Waals surface area contributed by atoms with Crippen molar-refractivity contribution in [2.75, 3.05) is 26.2 Å². The van der Waals surface area contributed by atoms with Crippen LogP contribution in [0.3, 0.4) is 0 Å². The fourth-order valence-corrected chi connectivity index (χ4v) is 1.32. The average Bonchev–Trinajstić information content (AvgIpc) is 2.19. The summed E-state index contributed by atoms with van der Waals surface area (Å²) in [5, 5.41) is 11.6. The number of aliphatic carboxylic acids is 1. The molecule has 1 heterocycles. The maximum absolute atomic E-state index is 11.5. The molecule has 0 saturated carbocycles. The van der Waals surface area contributed by atoms with Crippen molar-refractivity contribution >= 4 is 11.9 Å². The normalized spacial score (nSPS) is 19.1. The van der Waals surface area contributed by atoms with Gasteiger partial charge in [0, 0.05) is 26.2 Å². The van der Waals surface area contributed by atoms with E-state index in [0.29, 0.717) is 13.1 Å². The first kappa shape index (κ1) is 10.9. The molecule has 1 amide bonds. The van der Waals surface area contributed by atoms with Gasteiger partial charge >= 0.3 is 5.97 Å². The lowest BCUT2D eigenvalue weighted by Crippen LogP contribution is -2.48. The molecule has 4 N–H and O–H groups in total. The Morgan fingerprint density at radius 1 is 1.43 bits per heavy atom. The van der Waals surface area contributed by atoms with Crippen LogP contribution in [-0.4, -0.2) is 54.1 Å². The number of carbonyl (C=O) groups excluding carboxylic acids is 1. The van der Waals surface area contributed by atoms with Crippen molar-refractivity contribution in [3.05, 3.63) is 0 Å². The summed E-state index contributed by atoms with van der Waals surface area (Å²) in [5.41, 5.74) is 5.26. The van der Waals surface area contributed by atoms with Gasteiger partial charge in [-0.2, -0.15) is 0 Å². The molecule has 0 radical (unpaired) electrons. The third kappa shape index (κ3) is 2.97. The molecule has 0 bridgehead atoms. The smallest absolute Gasteiger partial charge is 0.321 e. The zero-order chi connectivity index (χ0) is 10.6. The molecular formula is C8H15N3O3. The maximum atomic E-state index is 11.5. The Hall–Kier alpha value is -1.14. The molecule has 1 rings (SSSR count). The number of carboxylic acids is 1. The van der Waals surface area contributed by atoms with Gasteiger partial charge in [0.15, 0.2) is 0 Å². The predicted octanol–water partition coefficient (Wildman–Crippen LogP) is -1.78. The van der Waals surface area contributed by atoms with Crippen LogP contribution in [0.1, 0.15) is 6.42 Å². The largest absolute Gasteiger partial charge is 0.480 e. The number of nitrogens with one attached hydrogen (secondary N) is 1. The van der Waals surface area contributed by atoms with Gasteiger partial charge in [-0.1, -0.05) is 0 Å². The van der Waals surface area contributed by atoms with Gasteiger partial charge in [-0.3, -0.25) is 9.59 Å². The molecule has 0 aromatic heterocycles. The summed E-state index contributed by atoms with van der Waals surface area (Å²) in [7, 11) is 0. The lowest BCUT2D eigenvalue weighted by molar-refractivity contribution is -0.142. The molecule has 0 spiro atoms. The van der Waals surface area contributed by atoms with Crippen LogP contribution >= 0.6 is 0 Å². The fraction of sp³-hybridized carbons (Fsp3) is 0.750. The molecule has 1 unspecified atom stereocenters. The van der Waals surface area contributed by atoms with Crippen LogP contribution in [-0.2, 0) is 9.59 Å². The van der Waals surface area contributed by atoms with Crippen molar-refractivity contribution < 1.29 is 14.7 Å². The van der Waals surface area contributed by atoms with Gasteiger partial charge in [0.25, 0.3) is 0 Å². The molecule has 1 aliphatic heterocycles. The third-order valence-corrected chi connectivity index (χ3v) is 2.18. The number of nitrogens with two attached hydrogens (primary N) is 1. The van der Waals surface area contributed by atoms with Crippen LogP contribution in [0.4, 0.5) is 0 Å². The number of carbonyl (C=O) groups is 2. The second-order valence-corrected chi connectivity index (χ2v) is 3.28. The van der Waals surface area contributed by atoms with Gasteiger partial charge in [0.05, 0.1) is 6.42 Å². The first-order chi connectivity index (χ1) is 6.61. The quantitative estimate of drug-likeness (QED) is 0.501. The fourth-order valence-electron chi connectivity index (χ4n) is 1.32. The van der Waals surface area contributed by atoms with Crippen LogP contribution in [0.25, 0.3) is 0 Å². The third-order valence-electron chi connectivity index (χ3n) is 2.18. The molecule has 0 aromatic rings. The number of hydrogen-bond acceptors (Lipinski definition) is 4. The molecule has 1 saturated heterocycles. The van der Waals surface area contributed by atoms with Gasteiger partial charge in [-0.25, -0.2) is 0 Å². The Balaban J connectivity index is 2.36. The van der Waals surface area contributed by atoms with E-state index in [-0.39, 0.29) is 12.3 Å². The lowest BCUT2D eigenvalue weighted by Gasteiger charge is -2.27. The van der Waals surface area contributed by atoms with E-state index in [9.17, 15) is 9.59 Å². The number of hydrogen-bond donors (Lipinski definition) is 3. The minimum absolute atomic E-state index is 0.116. The van der Waals surface area contributed by atoms with E-state index in [4.69, 9.17) is 10.8 Å². The Morgan fingerprint density at radius 2 is 2.00 bits per heavy atom. The zero-order valence-corrected chi connectivity index (χ0v) is 7.90. The zero-order valence-electron chi connectivity index (χ0n) is 7.90. The van der Waals surface area contributed by atoms with Crippen LogP contribution in [0.15, 0.2) is 0 Å². The number of carboxylic acid groups (broad SMARTS) is 1. The highest BCUT2D eigenvalue weighted by atomic mass is 16.4. The molecule has 80 valence electrons. The first-order valence-corrected chi connectivity index (χ1v) is 4.58. The SMILES string of the molecule is NC(CC(=O)N1CCNCC1)C(=O)O. The molecule has 1 aliphatic rings. The van der Waals surface area contributed by atoms with Crippen LogP contribution < -0.4 is 11.1 Å². The number of piperazine rings is 1. The van der Waals surface area contributed by atoms with Gasteiger partial charge < -0.3 is 21.1 Å². The van der Waals surface area contributed by atoms with Crippen molar-refractivity contribution in [2.24, 2.45) is 5.73 Å². The monoisotopic (exact) mass is 201 g/mol. The van der Waals surface area contributed by atoms with Gasteiger partial charge in [-0.15, -0.1) is 0 Å². The van der Waals surface area contributed by atoms with E-state index in [1.54, 1.807) is 4.90 Å². The Kier molecular flexibility index (Phi) is 3.84. The summed E-state index contributed by atoms with van der Waals surface area (Å²) in [6, 6.07) is -1.09. The van der Waals surface area contributed by atoms with E-state index < -0.39 is 12.0 Å². The summed E-state index contributed by atoms with van der Waals surface area (Å²) < 4.78 is 0. The van der Waals surface area contributed by atoms with Crippen LogP contribution in [0.5, 0.6) is 0 Å². The summed E-state index contributed by atoms with van der Waals surface area (Å²) in [5.74, 6) is -1.31. The lowest BCUT2D eigenvalue weighted by atomic mass is 10.2. The number of amides is 1. The molecule has 1 atom stereocenters. The van der Waals surface area contributed by atoms with Crippen LogP contribution in [0, 0.1) is 0 Å². The van der Waals surface area contributed by atoms with Gasteiger partial charge in [-0.05, 0) is 0 Å². The van der Waals surface area contributed by atoms with E-state index in [1.807, 2.05) is 0 Å². The van der Waals surface area contributed by atoms with Crippen molar-refractivity contribution in [1.82, 2.24) is 10.2 Å². The van der Waals surface area contributed by atoms with Gasteiger partial charge in [0.1, 0.15) is 6.04 Å². The molecule has 6 heteroatoms. The minimum Gasteiger partial charge on any atom is -0.480 e. The van der Waals surface area contributed by atoms with Crippen molar-refractivity contribution in [3.8, 4) is 0 Å². The summed E-state index contributed by atoms with van der Waals surface area (Å²) >= 11 is 0. The van der Waals surface area contributed by atoms with Crippen molar-refractivity contribution in [2.45, 2.75) is 12.5 Å². The van der Waals surface area contributed by atoms with Gasteiger partial charge in [0.2, 0.25) is 5.91 Å². The minimum atomic E-state index is -1.13. The topological polar surface area (TPSA) is 95.7 Å². The van der Waals surface area contributed by atoms with E-state index in [2.05, 4.69) is 5.32 Å². The maximum Gasteiger partial charge on any atom is 0.321 e. The average molecular weight is 201 g/mol. The molecule has 14 heavy (non-hydrogen) atoms. The highest BCUT2D eigenvalue weighted by molar-refractivity contribution is 5.84. The van der Waals surface area contributed by atoms with Crippen molar-refractivity contribution in [3.63, 3.8) is 0 Å². The summed E-state index contributed by atoms with van der Waals surface area (Å²) in [6.07, 6.45) is -0.116. The second-order valence-electron chi connectivity index (χ2n) is 3.28.